The van der Waals surface area contributed by atoms with E-state index in [0.29, 0.717) is 44.0 Å². The van der Waals surface area contributed by atoms with Gasteiger partial charge in [-0.1, -0.05) is 23.2 Å². The van der Waals surface area contributed by atoms with Crippen LogP contribution in [0.3, 0.4) is 0 Å². The lowest BCUT2D eigenvalue weighted by atomic mass is 10.1. The van der Waals surface area contributed by atoms with Gasteiger partial charge in [-0.2, -0.15) is 0 Å². The molecule has 1 amide bonds. The largest absolute Gasteiger partial charge is 0.495 e. The monoisotopic (exact) mass is 413 g/mol. The molecular formula is C17H17Cl2N3O3S. The first-order chi connectivity index (χ1) is 12.3. The molecule has 0 saturated carbocycles. The van der Waals surface area contributed by atoms with Crippen LogP contribution in [0.4, 0.5) is 11.4 Å². The summed E-state index contributed by atoms with van der Waals surface area (Å²) in [6.45, 7) is 1.75. The van der Waals surface area contributed by atoms with E-state index in [1.165, 1.54) is 20.3 Å². The van der Waals surface area contributed by atoms with E-state index in [9.17, 15) is 4.79 Å². The Bertz CT molecular complexity index is 875. The minimum absolute atomic E-state index is 0.262. The maximum Gasteiger partial charge on any atom is 0.249 e. The number of amides is 1. The number of primary amides is 1. The van der Waals surface area contributed by atoms with Crippen LogP contribution >= 0.6 is 35.4 Å². The first-order valence-corrected chi connectivity index (χ1v) is 8.52. The van der Waals surface area contributed by atoms with Crippen LogP contribution in [0.2, 0.25) is 10.0 Å². The Kier molecular flexibility index (Phi) is 6.52. The zero-order chi connectivity index (χ0) is 19.4. The molecule has 9 heteroatoms. The number of carbonyl (C=O) groups is 1. The predicted molar refractivity (Wildman–Crippen MR) is 109 cm³/mol. The van der Waals surface area contributed by atoms with Crippen molar-refractivity contribution in [2.75, 3.05) is 24.9 Å². The van der Waals surface area contributed by atoms with Crippen molar-refractivity contribution in [1.29, 1.82) is 0 Å². The Hall–Kier alpha value is -2.22. The van der Waals surface area contributed by atoms with E-state index in [1.807, 2.05) is 0 Å². The molecule has 0 heterocycles. The number of rotatable bonds is 5. The topological polar surface area (TPSA) is 85.6 Å². The number of thiocarbonyl (C=S) groups is 1. The molecule has 0 saturated heterocycles. The highest BCUT2D eigenvalue weighted by atomic mass is 35.5. The smallest absolute Gasteiger partial charge is 0.249 e. The number of nitrogens with one attached hydrogen (secondary N) is 2. The molecule has 2 aromatic carbocycles. The average molecular weight is 414 g/mol. The molecule has 2 rings (SSSR count). The lowest BCUT2D eigenvalue weighted by molar-refractivity contribution is 0.0999. The fraction of sp³-hybridized carbons (Fsp3) is 0.176. The van der Waals surface area contributed by atoms with Gasteiger partial charge in [-0.05, 0) is 42.9 Å². The SMILES string of the molecule is COc1cc(OC)c(NC(=S)Nc2cc(C)c(C(N)=O)cc2Cl)cc1Cl. The zero-order valence-corrected chi connectivity index (χ0v) is 16.6. The molecule has 0 atom stereocenters. The predicted octanol–water partition coefficient (Wildman–Crippen LogP) is 4.23. The van der Waals surface area contributed by atoms with Crippen molar-refractivity contribution in [3.63, 3.8) is 0 Å². The van der Waals surface area contributed by atoms with Gasteiger partial charge in [-0.25, -0.2) is 0 Å². The number of aryl methyl sites for hydroxylation is 1. The molecular weight excluding hydrogens is 397 g/mol. The van der Waals surface area contributed by atoms with Crippen molar-refractivity contribution in [2.45, 2.75) is 6.92 Å². The fourth-order valence-corrected chi connectivity index (χ4v) is 2.95. The summed E-state index contributed by atoms with van der Waals surface area (Å²) in [6, 6.07) is 6.46. The maximum atomic E-state index is 11.4. The second-order valence-corrected chi connectivity index (χ2v) is 6.50. The van der Waals surface area contributed by atoms with Gasteiger partial charge in [0.25, 0.3) is 0 Å². The van der Waals surface area contributed by atoms with Crippen molar-refractivity contribution in [1.82, 2.24) is 0 Å². The molecule has 0 aliphatic heterocycles. The molecule has 0 aromatic heterocycles. The van der Waals surface area contributed by atoms with Gasteiger partial charge in [0.15, 0.2) is 5.11 Å². The lowest BCUT2D eigenvalue weighted by Crippen LogP contribution is -2.20. The third-order valence-corrected chi connectivity index (χ3v) is 4.36. The molecule has 4 N–H and O–H groups in total. The van der Waals surface area contributed by atoms with E-state index in [4.69, 9.17) is 50.6 Å². The van der Waals surface area contributed by atoms with Gasteiger partial charge in [-0.15, -0.1) is 0 Å². The van der Waals surface area contributed by atoms with Gasteiger partial charge in [0.1, 0.15) is 11.5 Å². The normalized spacial score (nSPS) is 10.2. The molecule has 138 valence electrons. The molecule has 0 fully saturated rings. The third-order valence-electron chi connectivity index (χ3n) is 3.55. The zero-order valence-electron chi connectivity index (χ0n) is 14.3. The van der Waals surface area contributed by atoms with E-state index in [1.54, 1.807) is 25.1 Å². The van der Waals surface area contributed by atoms with E-state index in [2.05, 4.69) is 10.6 Å². The van der Waals surface area contributed by atoms with Crippen LogP contribution in [0.15, 0.2) is 24.3 Å². The summed E-state index contributed by atoms with van der Waals surface area (Å²) in [5, 5.41) is 6.94. The molecule has 0 bridgehead atoms. The first kappa shape index (κ1) is 20.1. The number of hydrogen-bond donors (Lipinski definition) is 3. The summed E-state index contributed by atoms with van der Waals surface area (Å²) in [7, 11) is 3.03. The minimum Gasteiger partial charge on any atom is -0.495 e. The van der Waals surface area contributed by atoms with Crippen LogP contribution in [0.5, 0.6) is 11.5 Å². The number of anilines is 2. The van der Waals surface area contributed by atoms with Gasteiger partial charge >= 0.3 is 0 Å². The van der Waals surface area contributed by atoms with Crippen LogP contribution in [0.1, 0.15) is 15.9 Å². The van der Waals surface area contributed by atoms with Gasteiger partial charge in [0.05, 0.1) is 35.6 Å². The van der Waals surface area contributed by atoms with Crippen molar-refractivity contribution in [2.24, 2.45) is 5.73 Å². The number of benzene rings is 2. The van der Waals surface area contributed by atoms with E-state index < -0.39 is 5.91 Å². The summed E-state index contributed by atoms with van der Waals surface area (Å²) in [5.41, 5.74) is 7.43. The Morgan fingerprint density at radius 1 is 1.00 bits per heavy atom. The summed E-state index contributed by atoms with van der Waals surface area (Å²) in [6.07, 6.45) is 0. The van der Waals surface area contributed by atoms with Crippen LogP contribution in [0.25, 0.3) is 0 Å². The number of nitrogens with two attached hydrogens (primary N) is 1. The fourth-order valence-electron chi connectivity index (χ4n) is 2.28. The second-order valence-electron chi connectivity index (χ2n) is 5.28. The number of carbonyl (C=O) groups excluding carboxylic acids is 1. The second kappa shape index (κ2) is 8.44. The highest BCUT2D eigenvalue weighted by Crippen LogP contribution is 2.36. The molecule has 0 aliphatic carbocycles. The lowest BCUT2D eigenvalue weighted by Gasteiger charge is -2.16. The van der Waals surface area contributed by atoms with Crippen molar-refractivity contribution >= 4 is 57.8 Å². The van der Waals surface area contributed by atoms with Crippen molar-refractivity contribution < 1.29 is 14.3 Å². The highest BCUT2D eigenvalue weighted by Gasteiger charge is 2.14. The van der Waals surface area contributed by atoms with Crippen LogP contribution in [-0.4, -0.2) is 25.2 Å². The quantitative estimate of drug-likeness (QED) is 0.635. The van der Waals surface area contributed by atoms with Crippen LogP contribution in [-0.2, 0) is 0 Å². The Morgan fingerprint density at radius 3 is 2.19 bits per heavy atom. The summed E-state index contributed by atoms with van der Waals surface area (Å²) in [4.78, 5) is 11.4. The third kappa shape index (κ3) is 4.49. The van der Waals surface area contributed by atoms with Gasteiger partial charge in [0.2, 0.25) is 5.91 Å². The minimum atomic E-state index is -0.547. The van der Waals surface area contributed by atoms with Crippen LogP contribution in [0, 0.1) is 6.92 Å². The van der Waals surface area contributed by atoms with Crippen molar-refractivity contribution in [3.8, 4) is 11.5 Å². The molecule has 0 radical (unpaired) electrons. The van der Waals surface area contributed by atoms with Crippen LogP contribution < -0.4 is 25.8 Å². The molecule has 2 aromatic rings. The number of ether oxygens (including phenoxy) is 2. The summed E-state index contributed by atoms with van der Waals surface area (Å²) in [5.74, 6) is 0.435. The van der Waals surface area contributed by atoms with E-state index in [0.717, 1.165) is 0 Å². The van der Waals surface area contributed by atoms with Gasteiger partial charge in [-0.3, -0.25) is 4.79 Å². The number of methoxy groups -OCH3 is 2. The first-order valence-electron chi connectivity index (χ1n) is 7.36. The average Bonchev–Trinajstić information content (AvgIpc) is 2.57. The van der Waals surface area contributed by atoms with Crippen molar-refractivity contribution in [3.05, 3.63) is 45.4 Å². The number of hydrogen-bond acceptors (Lipinski definition) is 4. The Labute approximate surface area is 166 Å². The maximum absolute atomic E-state index is 11.4. The standard InChI is InChI=1S/C17H17Cl2N3O3S/c1-8-4-12(10(18)5-9(8)16(20)23)21-17(26)22-13-6-11(19)14(24-2)7-15(13)25-3/h4-7H,1-3H3,(H2,20,23)(H2,21,22,26). The van der Waals surface area contributed by atoms with E-state index >= 15 is 0 Å². The Balaban J connectivity index is 2.23. The highest BCUT2D eigenvalue weighted by molar-refractivity contribution is 7.80. The molecule has 0 unspecified atom stereocenters. The number of halogens is 2. The summed E-state index contributed by atoms with van der Waals surface area (Å²) >= 11 is 17.7. The molecule has 6 nitrogen and oxygen atoms in total. The van der Waals surface area contributed by atoms with Gasteiger partial charge < -0.3 is 25.8 Å². The Morgan fingerprint density at radius 2 is 1.62 bits per heavy atom. The molecule has 0 aliphatic rings. The molecule has 26 heavy (non-hydrogen) atoms. The van der Waals surface area contributed by atoms with Gasteiger partial charge in [0, 0.05) is 11.6 Å². The van der Waals surface area contributed by atoms with E-state index in [-0.39, 0.29) is 5.11 Å². The molecule has 0 spiro atoms. The summed E-state index contributed by atoms with van der Waals surface area (Å²) < 4.78 is 10.5.